The van der Waals surface area contributed by atoms with Crippen LogP contribution in [0.3, 0.4) is 0 Å². The first-order valence-electron chi connectivity index (χ1n) is 11.4. The third-order valence-corrected chi connectivity index (χ3v) is 5.79. The first-order valence-corrected chi connectivity index (χ1v) is 11.4. The monoisotopic (exact) mass is 533 g/mol. The Balaban J connectivity index is 1.53. The third-order valence-electron chi connectivity index (χ3n) is 5.79. The maximum atomic E-state index is 11.8. The molecule has 0 radical (unpaired) electrons. The van der Waals surface area contributed by atoms with Crippen molar-refractivity contribution in [3.05, 3.63) is 35.9 Å². The fourth-order valence-electron chi connectivity index (χ4n) is 3.77. The van der Waals surface area contributed by atoms with Gasteiger partial charge in [0.1, 0.15) is 49.3 Å². The van der Waals surface area contributed by atoms with Crippen LogP contribution in [-0.2, 0) is 35.1 Å². The average Bonchev–Trinajstić information content (AvgIpc) is 2.89. The summed E-state index contributed by atoms with van der Waals surface area (Å²) in [7, 11) is 0. The first-order chi connectivity index (χ1) is 17.6. The molecule has 0 bridgehead atoms. The van der Waals surface area contributed by atoms with Crippen molar-refractivity contribution < 1.29 is 69.0 Å². The first kappa shape index (κ1) is 29.1. The quantitative estimate of drug-likeness (QED) is 0.137. The Morgan fingerprint density at radius 2 is 1.59 bits per heavy atom. The summed E-state index contributed by atoms with van der Waals surface area (Å²) < 4.78 is 26.2. The highest BCUT2D eigenvalue weighted by Crippen LogP contribution is 2.29. The minimum absolute atomic E-state index is 0.0522. The molecule has 15 heteroatoms. The van der Waals surface area contributed by atoms with Crippen molar-refractivity contribution in [2.45, 2.75) is 68.0 Å². The van der Waals surface area contributed by atoms with Crippen LogP contribution in [0, 0.1) is 0 Å². The summed E-state index contributed by atoms with van der Waals surface area (Å²) in [5, 5.41) is 72.2. The Labute approximate surface area is 210 Å². The van der Waals surface area contributed by atoms with Crippen LogP contribution in [0.2, 0.25) is 0 Å². The van der Waals surface area contributed by atoms with E-state index in [1.54, 1.807) is 24.3 Å². The third kappa shape index (κ3) is 7.32. The highest BCUT2D eigenvalue weighted by molar-refractivity contribution is 5.73. The van der Waals surface area contributed by atoms with Crippen LogP contribution in [0.15, 0.2) is 30.3 Å². The Hall–Kier alpha value is -2.44. The number of aliphatic hydroxyl groups is 6. The van der Waals surface area contributed by atoms with Gasteiger partial charge in [0.2, 0.25) is 0 Å². The number of rotatable bonds is 10. The Kier molecular flexibility index (Phi) is 10.5. The van der Waals surface area contributed by atoms with Gasteiger partial charge in [0.25, 0.3) is 0 Å². The van der Waals surface area contributed by atoms with Crippen LogP contribution in [0.25, 0.3) is 0 Å². The number of amides is 1. The number of benzene rings is 1. The van der Waals surface area contributed by atoms with Gasteiger partial charge in [-0.15, -0.1) is 0 Å². The van der Waals surface area contributed by atoms with Crippen LogP contribution >= 0.6 is 0 Å². The molecule has 0 aromatic heterocycles. The number of carbonyl (C=O) groups is 2. The second-order valence-electron chi connectivity index (χ2n) is 8.40. The van der Waals surface area contributed by atoms with Gasteiger partial charge >= 0.3 is 12.1 Å². The number of carbonyl (C=O) groups excluding carboxylic acids is 1. The topological polar surface area (TPSA) is 234 Å². The smallest absolute Gasteiger partial charge is 0.407 e. The fraction of sp³-hybridized carbons (Fsp3) is 0.636. The molecule has 2 aliphatic heterocycles. The standard InChI is InChI=1S/C22H31NO14/c24-8-11-12(25)17(36-21-15(28)13(26)14(27)18(37-21)19(30)31)16(29)20(35-11)33-7-6-23-22(32)34-9-10-4-2-1-3-5-10/h1-5,11-18,20-21,24-29H,6-9H2,(H,23,32)(H,30,31)/t11-,12+,13+,14+,15-,16-,17+,18+,20-,21-/m1/s1. The molecule has 10 atom stereocenters. The number of aliphatic hydroxyl groups excluding tert-OH is 6. The van der Waals surface area contributed by atoms with Gasteiger partial charge in [0.15, 0.2) is 18.7 Å². The zero-order valence-corrected chi connectivity index (χ0v) is 19.5. The minimum Gasteiger partial charge on any atom is -0.479 e. The van der Waals surface area contributed by atoms with Crippen LogP contribution in [0.4, 0.5) is 4.79 Å². The number of aliphatic carboxylic acids is 1. The summed E-state index contributed by atoms with van der Waals surface area (Å²) in [5.74, 6) is -1.65. The molecule has 1 aromatic carbocycles. The van der Waals surface area contributed by atoms with Crippen LogP contribution < -0.4 is 5.32 Å². The predicted octanol–water partition coefficient (Wildman–Crippen LogP) is -3.35. The second kappa shape index (κ2) is 13.4. The average molecular weight is 533 g/mol. The van der Waals surface area contributed by atoms with Crippen molar-refractivity contribution in [2.24, 2.45) is 0 Å². The molecule has 2 saturated heterocycles. The largest absolute Gasteiger partial charge is 0.479 e. The molecule has 0 unspecified atom stereocenters. The molecule has 2 aliphatic rings. The van der Waals surface area contributed by atoms with Gasteiger partial charge in [-0.2, -0.15) is 0 Å². The molecule has 1 aromatic rings. The van der Waals surface area contributed by atoms with E-state index in [2.05, 4.69) is 5.32 Å². The Bertz CT molecular complexity index is 874. The lowest BCUT2D eigenvalue weighted by atomic mass is 9.97. The predicted molar refractivity (Wildman–Crippen MR) is 118 cm³/mol. The highest BCUT2D eigenvalue weighted by Gasteiger charge is 2.52. The summed E-state index contributed by atoms with van der Waals surface area (Å²) in [5.41, 5.74) is 0.788. The lowest BCUT2D eigenvalue weighted by molar-refractivity contribution is -0.356. The molecule has 208 valence electrons. The van der Waals surface area contributed by atoms with Crippen molar-refractivity contribution in [3.8, 4) is 0 Å². The van der Waals surface area contributed by atoms with E-state index in [4.69, 9.17) is 28.8 Å². The number of carboxylic acid groups (broad SMARTS) is 1. The number of alkyl carbamates (subject to hydrolysis) is 1. The number of hydrogen-bond donors (Lipinski definition) is 8. The zero-order valence-electron chi connectivity index (χ0n) is 19.5. The second-order valence-corrected chi connectivity index (χ2v) is 8.40. The molecule has 8 N–H and O–H groups in total. The molecule has 15 nitrogen and oxygen atoms in total. The number of ether oxygens (including phenoxy) is 5. The van der Waals surface area contributed by atoms with Gasteiger partial charge in [-0.3, -0.25) is 0 Å². The summed E-state index contributed by atoms with van der Waals surface area (Å²) in [6.45, 7) is -0.938. The highest BCUT2D eigenvalue weighted by atomic mass is 16.7. The normalized spacial score (nSPS) is 36.1. The van der Waals surface area contributed by atoms with Crippen molar-refractivity contribution in [3.63, 3.8) is 0 Å². The van der Waals surface area contributed by atoms with Crippen LogP contribution in [-0.4, -0.2) is 129 Å². The van der Waals surface area contributed by atoms with Gasteiger partial charge in [-0.25, -0.2) is 9.59 Å². The van der Waals surface area contributed by atoms with Crippen LogP contribution in [0.5, 0.6) is 0 Å². The van der Waals surface area contributed by atoms with Crippen LogP contribution in [0.1, 0.15) is 5.56 Å². The summed E-state index contributed by atoms with van der Waals surface area (Å²) >= 11 is 0. The minimum atomic E-state index is -1.97. The molecule has 0 aliphatic carbocycles. The van der Waals surface area contributed by atoms with Gasteiger partial charge < -0.3 is 64.7 Å². The number of hydrogen-bond acceptors (Lipinski definition) is 13. The van der Waals surface area contributed by atoms with Gasteiger partial charge in [0.05, 0.1) is 13.2 Å². The van der Waals surface area contributed by atoms with E-state index in [0.717, 1.165) is 5.56 Å². The molecular formula is C22H31NO14. The zero-order chi connectivity index (χ0) is 27.1. The van der Waals surface area contributed by atoms with E-state index in [0.29, 0.717) is 0 Å². The lowest BCUT2D eigenvalue weighted by Gasteiger charge is -2.45. The molecular weight excluding hydrogens is 502 g/mol. The molecule has 3 rings (SSSR count). The summed E-state index contributed by atoms with van der Waals surface area (Å²) in [4.78, 5) is 23.1. The number of nitrogens with one attached hydrogen (secondary N) is 1. The SMILES string of the molecule is O=C(NCCO[C@@H]1O[C@H](CO)[C@H](O)[C@H](O[C@@H]2O[C@H](C(=O)O)[C@@H](O)[C@H](O)[C@H]2O)[C@H]1O)OCc1ccccc1. The van der Waals surface area contributed by atoms with E-state index in [9.17, 15) is 40.2 Å². The van der Waals surface area contributed by atoms with E-state index in [-0.39, 0.29) is 19.8 Å². The maximum Gasteiger partial charge on any atom is 0.407 e. The lowest BCUT2D eigenvalue weighted by Crippen LogP contribution is -2.65. The van der Waals surface area contributed by atoms with Crippen molar-refractivity contribution in [1.29, 1.82) is 0 Å². The van der Waals surface area contributed by atoms with Gasteiger partial charge in [-0.1, -0.05) is 30.3 Å². The summed E-state index contributed by atoms with van der Waals surface area (Å²) in [6, 6.07) is 8.98. The van der Waals surface area contributed by atoms with E-state index < -0.39 is 80.1 Å². The van der Waals surface area contributed by atoms with Gasteiger partial charge in [-0.05, 0) is 5.56 Å². The number of carboxylic acids is 1. The van der Waals surface area contributed by atoms with E-state index >= 15 is 0 Å². The Morgan fingerprint density at radius 3 is 2.24 bits per heavy atom. The van der Waals surface area contributed by atoms with Crippen molar-refractivity contribution in [1.82, 2.24) is 5.32 Å². The van der Waals surface area contributed by atoms with Gasteiger partial charge in [0, 0.05) is 6.54 Å². The van der Waals surface area contributed by atoms with E-state index in [1.165, 1.54) is 0 Å². The Morgan fingerprint density at radius 1 is 0.892 bits per heavy atom. The molecule has 2 fully saturated rings. The molecule has 37 heavy (non-hydrogen) atoms. The fourth-order valence-corrected chi connectivity index (χ4v) is 3.77. The maximum absolute atomic E-state index is 11.8. The van der Waals surface area contributed by atoms with Crippen molar-refractivity contribution >= 4 is 12.1 Å². The molecule has 0 saturated carbocycles. The molecule has 2 heterocycles. The molecule has 1 amide bonds. The van der Waals surface area contributed by atoms with E-state index in [1.807, 2.05) is 6.07 Å². The van der Waals surface area contributed by atoms with Crippen molar-refractivity contribution in [2.75, 3.05) is 19.8 Å². The summed E-state index contributed by atoms with van der Waals surface area (Å²) in [6.07, 6.45) is -18.3. The molecule has 0 spiro atoms.